The highest BCUT2D eigenvalue weighted by Gasteiger charge is 2.43. The maximum absolute atomic E-state index is 15.3. The van der Waals surface area contributed by atoms with Crippen LogP contribution in [-0.4, -0.2) is 163 Å². The largest absolute Gasteiger partial charge is 0.451 e. The van der Waals surface area contributed by atoms with Crippen LogP contribution >= 0.6 is 0 Å². The van der Waals surface area contributed by atoms with Crippen molar-refractivity contribution < 1.29 is 57.3 Å². The Morgan fingerprint density at radius 2 is 0.674 bits per heavy atom. The van der Waals surface area contributed by atoms with Gasteiger partial charge in [-0.25, -0.2) is 19.2 Å². The summed E-state index contributed by atoms with van der Waals surface area (Å²) < 4.78 is 28.6. The number of carbonyl (C=O) groups is 8. The molecule has 1 saturated heterocycles. The van der Waals surface area contributed by atoms with Gasteiger partial charge in [-0.1, -0.05) is 159 Å². The van der Waals surface area contributed by atoms with E-state index < -0.39 is 96.1 Å². The van der Waals surface area contributed by atoms with Gasteiger partial charge in [-0.05, 0) is 121 Å². The van der Waals surface area contributed by atoms with Crippen molar-refractivity contribution in [1.82, 2.24) is 39.2 Å². The Kier molecular flexibility index (Phi) is 27.4. The van der Waals surface area contributed by atoms with Crippen molar-refractivity contribution in [3.05, 3.63) is 106 Å². The molecule has 0 spiro atoms. The SMILES string of the molecule is CC(C)C[C@H]1C(=O)O[C@H](Cc2cccc(Cn3nc(C(C)C)cc3C(C)C)c2)C(=O)N(C)[C@@H](CC(C)C)C(=O)O[C@H](C)C(=O)N(C)[C@@H](CC(C)C)C(=O)O[C@H](Cc2ccc(Cn3nc(C(C)C)cc3C(C)C)cc2)C(=O)N(C)[C@@H](CC(C)C)C(=O)O[C@H](C)C(=O)N1C. The quantitative estimate of drug-likeness (QED) is 0.0593. The first-order chi connectivity index (χ1) is 43.0. The highest BCUT2D eigenvalue weighted by atomic mass is 16.6. The minimum absolute atomic E-state index is 0.0771. The highest BCUT2D eigenvalue weighted by Crippen LogP contribution is 2.28. The fourth-order valence-electron chi connectivity index (χ4n) is 11.5. The number of benzene rings is 2. The summed E-state index contributed by atoms with van der Waals surface area (Å²) in [4.78, 5) is 124. The Balaban J connectivity index is 1.61. The number of nitrogens with zero attached hydrogens (tertiary/aromatic N) is 8. The van der Waals surface area contributed by atoms with Crippen LogP contribution in [0, 0.1) is 23.7 Å². The van der Waals surface area contributed by atoms with E-state index in [2.05, 4.69) is 67.5 Å². The highest BCUT2D eigenvalue weighted by molar-refractivity contribution is 5.94. The van der Waals surface area contributed by atoms with Crippen molar-refractivity contribution in [1.29, 1.82) is 0 Å². The first-order valence-electron chi connectivity index (χ1n) is 33.2. The molecule has 20 heteroatoms. The number of ether oxygens (including phenoxy) is 4. The molecule has 8 atom stereocenters. The predicted molar refractivity (Wildman–Crippen MR) is 354 cm³/mol. The van der Waals surface area contributed by atoms with Gasteiger partial charge >= 0.3 is 23.9 Å². The third-order valence-corrected chi connectivity index (χ3v) is 17.0. The molecule has 0 N–H and O–H groups in total. The summed E-state index contributed by atoms with van der Waals surface area (Å²) in [7, 11) is 5.64. The molecular weight excluding hydrogens is 1170 g/mol. The molecule has 0 saturated carbocycles. The fourth-order valence-corrected chi connectivity index (χ4v) is 11.5. The lowest BCUT2D eigenvalue weighted by Crippen LogP contribution is -2.55. The molecule has 92 heavy (non-hydrogen) atoms. The number of aromatic nitrogens is 4. The topological polar surface area (TPSA) is 222 Å². The van der Waals surface area contributed by atoms with Crippen LogP contribution in [0.25, 0.3) is 0 Å². The Morgan fingerprint density at radius 1 is 0.370 bits per heavy atom. The van der Waals surface area contributed by atoms with Gasteiger partial charge in [0.15, 0.2) is 24.4 Å². The molecule has 2 aromatic carbocycles. The molecule has 0 radical (unpaired) electrons. The lowest BCUT2D eigenvalue weighted by molar-refractivity contribution is -0.176. The molecule has 4 aromatic rings. The molecule has 2 aromatic heterocycles. The minimum atomic E-state index is -1.56. The Labute approximate surface area is 547 Å². The summed E-state index contributed by atoms with van der Waals surface area (Å²) in [5.41, 5.74) is 7.16. The van der Waals surface area contributed by atoms with E-state index in [-0.39, 0.29) is 85.9 Å². The average Bonchev–Trinajstić information content (AvgIpc) is 1.26. The van der Waals surface area contributed by atoms with E-state index >= 15 is 9.59 Å². The van der Waals surface area contributed by atoms with Crippen molar-refractivity contribution in [2.75, 3.05) is 28.2 Å². The van der Waals surface area contributed by atoms with E-state index in [0.29, 0.717) is 24.2 Å². The molecule has 1 aliphatic heterocycles. The van der Waals surface area contributed by atoms with E-state index in [9.17, 15) is 28.8 Å². The number of hydrogen-bond donors (Lipinski definition) is 0. The minimum Gasteiger partial charge on any atom is -0.451 e. The summed E-state index contributed by atoms with van der Waals surface area (Å²) >= 11 is 0. The summed E-state index contributed by atoms with van der Waals surface area (Å²) in [5, 5.41) is 9.83. The van der Waals surface area contributed by atoms with Crippen LogP contribution in [0.3, 0.4) is 0 Å². The summed E-state index contributed by atoms with van der Waals surface area (Å²) in [5.74, 6) is -6.60. The van der Waals surface area contributed by atoms with Crippen molar-refractivity contribution >= 4 is 47.5 Å². The van der Waals surface area contributed by atoms with E-state index in [1.165, 1.54) is 51.8 Å². The second-order valence-electron chi connectivity index (χ2n) is 28.4. The molecule has 1 fully saturated rings. The van der Waals surface area contributed by atoms with Crippen molar-refractivity contribution in [3.63, 3.8) is 0 Å². The molecule has 1 aliphatic rings. The van der Waals surface area contributed by atoms with E-state index in [4.69, 9.17) is 29.1 Å². The number of cyclic esters (lactones) is 4. The van der Waals surface area contributed by atoms with Crippen LogP contribution in [0.5, 0.6) is 0 Å². The number of esters is 4. The van der Waals surface area contributed by atoms with Crippen LogP contribution in [0.15, 0.2) is 60.7 Å². The number of rotatable bonds is 20. The Morgan fingerprint density at radius 3 is 1.01 bits per heavy atom. The lowest BCUT2D eigenvalue weighted by atomic mass is 9.99. The normalized spacial score (nSPS) is 22.1. The van der Waals surface area contributed by atoms with Crippen LogP contribution in [0.2, 0.25) is 0 Å². The maximum atomic E-state index is 15.3. The first kappa shape index (κ1) is 75.3. The standard InChI is InChI=1S/C72H108N8O12/c1-41(2)30-59-69(85)89-50(18)66(82)76(20)62(33-44(7)8)72(88)92-64(36-53-24-23-25-54(34-53)40-80-58(48(15)16)38-56(74-80)46(11)12)68(84)78(22)60(31-42(3)4)70(86)90-49(17)65(81)75(19)61(32-43(5)6)71(87)91-63(67(83)77(59)21)35-51-26-28-52(29-27-51)39-79-57(47(13)14)37-55(73-79)45(9)10/h23-29,34,37-38,41-50,59-64H,30-33,35-36,39-40H2,1-22H3/t49-,50-,59+,60+,61+,62+,63-,64-/m1/s1. The van der Waals surface area contributed by atoms with Crippen molar-refractivity contribution in [3.8, 4) is 0 Å². The molecule has 5 rings (SSSR count). The average molecular weight is 1280 g/mol. The summed E-state index contributed by atoms with van der Waals surface area (Å²) in [6.07, 6.45) is -6.06. The van der Waals surface area contributed by atoms with Gasteiger partial charge in [-0.15, -0.1) is 0 Å². The number of likely N-dealkylation sites (N-methyl/N-ethyl adjacent to an activating group) is 4. The van der Waals surface area contributed by atoms with Crippen LogP contribution in [-0.2, 0) is 83.2 Å². The van der Waals surface area contributed by atoms with E-state index in [0.717, 1.165) is 43.7 Å². The van der Waals surface area contributed by atoms with Crippen LogP contribution < -0.4 is 0 Å². The Bertz CT molecular complexity index is 3140. The zero-order chi connectivity index (χ0) is 68.9. The van der Waals surface area contributed by atoms with Gasteiger partial charge in [0.25, 0.3) is 23.6 Å². The molecule has 4 amide bonds. The maximum Gasteiger partial charge on any atom is 0.329 e. The monoisotopic (exact) mass is 1280 g/mol. The van der Waals surface area contributed by atoms with Gasteiger partial charge in [0.1, 0.15) is 24.2 Å². The molecule has 3 heterocycles. The zero-order valence-corrected chi connectivity index (χ0v) is 59.1. The number of hydrogen-bond acceptors (Lipinski definition) is 14. The van der Waals surface area contributed by atoms with Gasteiger partial charge in [0.2, 0.25) is 0 Å². The van der Waals surface area contributed by atoms with E-state index in [1.54, 1.807) is 0 Å². The number of amides is 4. The third-order valence-electron chi connectivity index (χ3n) is 17.0. The molecule has 0 bridgehead atoms. The third kappa shape index (κ3) is 20.3. The molecule has 0 unspecified atom stereocenters. The van der Waals surface area contributed by atoms with E-state index in [1.807, 2.05) is 113 Å². The molecule has 20 nitrogen and oxygen atoms in total. The predicted octanol–water partition coefficient (Wildman–Crippen LogP) is 10.6. The molecule has 0 aliphatic carbocycles. The van der Waals surface area contributed by atoms with Gasteiger partial charge < -0.3 is 38.5 Å². The summed E-state index contributed by atoms with van der Waals surface area (Å²) in [6.45, 7) is 35.4. The second kappa shape index (κ2) is 33.5. The second-order valence-corrected chi connectivity index (χ2v) is 28.4. The van der Waals surface area contributed by atoms with Crippen molar-refractivity contribution in [2.45, 2.75) is 248 Å². The summed E-state index contributed by atoms with van der Waals surface area (Å²) in [6, 6.07) is 14.1. The molecular formula is C72H108N8O12. The van der Waals surface area contributed by atoms with Gasteiger partial charge in [0, 0.05) is 52.4 Å². The van der Waals surface area contributed by atoms with Crippen LogP contribution in [0.4, 0.5) is 0 Å². The smallest absolute Gasteiger partial charge is 0.329 e. The van der Waals surface area contributed by atoms with Gasteiger partial charge in [-0.3, -0.25) is 28.5 Å². The Hall–Kier alpha value is -7.38. The van der Waals surface area contributed by atoms with Gasteiger partial charge in [0.05, 0.1) is 24.5 Å². The van der Waals surface area contributed by atoms with Crippen molar-refractivity contribution in [2.24, 2.45) is 23.7 Å². The number of carbonyl (C=O) groups excluding carboxylic acids is 8. The zero-order valence-electron chi connectivity index (χ0n) is 59.1. The lowest BCUT2D eigenvalue weighted by Gasteiger charge is -2.35. The van der Waals surface area contributed by atoms with Gasteiger partial charge in [-0.2, -0.15) is 10.2 Å². The molecule has 508 valence electrons. The van der Waals surface area contributed by atoms with Crippen LogP contribution in [0.1, 0.15) is 219 Å². The fraction of sp³-hybridized carbons (Fsp3) is 0.639. The first-order valence-corrected chi connectivity index (χ1v) is 33.2.